The molecule has 2 nitrogen and oxygen atoms in total. The third-order valence-corrected chi connectivity index (χ3v) is 4.10. The summed E-state index contributed by atoms with van der Waals surface area (Å²) in [6.07, 6.45) is 3.54. The Bertz CT molecular complexity index is 605. The minimum atomic E-state index is -0.124. The third kappa shape index (κ3) is 5.17. The van der Waals surface area contributed by atoms with Gasteiger partial charge in [-0.05, 0) is 30.0 Å². The first-order valence-electron chi connectivity index (χ1n) is 8.60. The lowest BCUT2D eigenvalue weighted by molar-refractivity contribution is -0.121. The number of hydrogen-bond acceptors (Lipinski definition) is 2. The van der Waals surface area contributed by atoms with Crippen LogP contribution in [-0.4, -0.2) is 16.7 Å². The van der Waals surface area contributed by atoms with Crippen molar-refractivity contribution in [1.29, 1.82) is 0 Å². The Hall–Kier alpha value is -2.19. The molecule has 0 heterocycles. The van der Waals surface area contributed by atoms with Crippen molar-refractivity contribution in [2.75, 3.05) is 0 Å². The molecule has 0 saturated heterocycles. The summed E-state index contributed by atoms with van der Waals surface area (Å²) >= 11 is 0. The Morgan fingerprint density at radius 3 is 1.75 bits per heavy atom. The normalized spacial score (nSPS) is 12.9. The first-order valence-corrected chi connectivity index (χ1v) is 8.60. The predicted molar refractivity (Wildman–Crippen MR) is 101 cm³/mol. The molecule has 0 aliphatic carbocycles. The Kier molecular flexibility index (Phi) is 6.95. The van der Waals surface area contributed by atoms with Gasteiger partial charge in [-0.2, -0.15) is 0 Å². The quantitative estimate of drug-likeness (QED) is 0.647. The van der Waals surface area contributed by atoms with Crippen LogP contribution < -0.4 is 0 Å². The van der Waals surface area contributed by atoms with Crippen LogP contribution in [0.2, 0.25) is 0 Å². The second-order valence-corrected chi connectivity index (χ2v) is 6.47. The molecule has 1 unspecified atom stereocenters. The summed E-state index contributed by atoms with van der Waals surface area (Å²) in [6, 6.07) is 20.6. The first kappa shape index (κ1) is 18.2. The third-order valence-electron chi connectivity index (χ3n) is 4.10. The SMILES string of the molecule is C/C=C/C(=O)C(C(C)C)N(Cc1ccccc1)Cc1ccccc1. The van der Waals surface area contributed by atoms with E-state index in [1.807, 2.05) is 49.4 Å². The molecule has 2 aromatic carbocycles. The van der Waals surface area contributed by atoms with E-state index in [2.05, 4.69) is 43.0 Å². The van der Waals surface area contributed by atoms with E-state index in [-0.39, 0.29) is 17.7 Å². The highest BCUT2D eigenvalue weighted by Crippen LogP contribution is 2.20. The van der Waals surface area contributed by atoms with Gasteiger partial charge >= 0.3 is 0 Å². The molecule has 2 rings (SSSR count). The molecule has 2 heteroatoms. The van der Waals surface area contributed by atoms with E-state index in [0.717, 1.165) is 13.1 Å². The zero-order valence-electron chi connectivity index (χ0n) is 14.9. The first-order chi connectivity index (χ1) is 11.6. The average molecular weight is 321 g/mol. The van der Waals surface area contributed by atoms with Gasteiger partial charge in [-0.1, -0.05) is 80.6 Å². The summed E-state index contributed by atoms with van der Waals surface area (Å²) in [6.45, 7) is 7.67. The Labute approximate surface area is 145 Å². The summed E-state index contributed by atoms with van der Waals surface area (Å²) < 4.78 is 0. The zero-order valence-corrected chi connectivity index (χ0v) is 14.9. The number of carbonyl (C=O) groups excluding carboxylic acids is 1. The van der Waals surface area contributed by atoms with Gasteiger partial charge in [0.05, 0.1) is 6.04 Å². The minimum absolute atomic E-state index is 0.124. The topological polar surface area (TPSA) is 20.3 Å². The Morgan fingerprint density at radius 1 is 0.917 bits per heavy atom. The highest BCUT2D eigenvalue weighted by atomic mass is 16.1. The number of hydrogen-bond donors (Lipinski definition) is 0. The van der Waals surface area contributed by atoms with Crippen molar-refractivity contribution in [2.45, 2.75) is 39.9 Å². The lowest BCUT2D eigenvalue weighted by Crippen LogP contribution is -2.43. The summed E-state index contributed by atoms with van der Waals surface area (Å²) in [7, 11) is 0. The molecule has 0 fully saturated rings. The van der Waals surface area contributed by atoms with Gasteiger partial charge in [-0.25, -0.2) is 0 Å². The van der Waals surface area contributed by atoms with Crippen molar-refractivity contribution in [3.05, 3.63) is 83.9 Å². The molecule has 0 N–H and O–H groups in total. The van der Waals surface area contributed by atoms with Crippen molar-refractivity contribution >= 4 is 5.78 Å². The highest BCUT2D eigenvalue weighted by molar-refractivity contribution is 5.94. The van der Waals surface area contributed by atoms with Gasteiger partial charge < -0.3 is 0 Å². The number of benzene rings is 2. The van der Waals surface area contributed by atoms with Gasteiger partial charge in [0.2, 0.25) is 0 Å². The van der Waals surface area contributed by atoms with Gasteiger partial charge in [0.15, 0.2) is 5.78 Å². The van der Waals surface area contributed by atoms with E-state index in [1.54, 1.807) is 6.08 Å². The van der Waals surface area contributed by atoms with E-state index in [9.17, 15) is 4.79 Å². The smallest absolute Gasteiger partial charge is 0.172 e. The van der Waals surface area contributed by atoms with Crippen molar-refractivity contribution in [2.24, 2.45) is 5.92 Å². The fourth-order valence-electron chi connectivity index (χ4n) is 3.08. The molecule has 0 radical (unpaired) electrons. The molecule has 24 heavy (non-hydrogen) atoms. The zero-order chi connectivity index (χ0) is 17.4. The fourth-order valence-corrected chi connectivity index (χ4v) is 3.08. The molecular weight excluding hydrogens is 294 g/mol. The molecule has 0 aliphatic heterocycles. The maximum atomic E-state index is 12.7. The summed E-state index contributed by atoms with van der Waals surface area (Å²) in [4.78, 5) is 15.0. The monoisotopic (exact) mass is 321 g/mol. The second kappa shape index (κ2) is 9.19. The number of allylic oxidation sites excluding steroid dienone is 1. The Morgan fingerprint density at radius 2 is 1.38 bits per heavy atom. The van der Waals surface area contributed by atoms with Crippen LogP contribution in [0.25, 0.3) is 0 Å². The molecule has 0 amide bonds. The molecule has 0 saturated carbocycles. The fraction of sp³-hybridized carbons (Fsp3) is 0.318. The van der Waals surface area contributed by atoms with Gasteiger partial charge in [-0.15, -0.1) is 0 Å². The van der Waals surface area contributed by atoms with Crippen molar-refractivity contribution in [3.8, 4) is 0 Å². The van der Waals surface area contributed by atoms with Crippen molar-refractivity contribution < 1.29 is 4.79 Å². The van der Waals surface area contributed by atoms with Crippen molar-refractivity contribution in [3.63, 3.8) is 0 Å². The maximum absolute atomic E-state index is 12.7. The van der Waals surface area contributed by atoms with E-state index in [0.29, 0.717) is 0 Å². The molecule has 0 bridgehead atoms. The highest BCUT2D eigenvalue weighted by Gasteiger charge is 2.27. The number of rotatable bonds is 8. The van der Waals surface area contributed by atoms with E-state index < -0.39 is 0 Å². The van der Waals surface area contributed by atoms with Crippen LogP contribution in [0.15, 0.2) is 72.8 Å². The average Bonchev–Trinajstić information content (AvgIpc) is 2.56. The van der Waals surface area contributed by atoms with E-state index in [4.69, 9.17) is 0 Å². The summed E-state index contributed by atoms with van der Waals surface area (Å²) in [5.74, 6) is 0.431. The lowest BCUT2D eigenvalue weighted by atomic mass is 9.96. The second-order valence-electron chi connectivity index (χ2n) is 6.47. The van der Waals surface area contributed by atoms with Gasteiger partial charge in [0.25, 0.3) is 0 Å². The van der Waals surface area contributed by atoms with Crippen LogP contribution in [0.1, 0.15) is 31.9 Å². The molecule has 1 atom stereocenters. The number of nitrogens with zero attached hydrogens (tertiary/aromatic N) is 1. The number of carbonyl (C=O) groups is 1. The van der Waals surface area contributed by atoms with E-state index in [1.165, 1.54) is 11.1 Å². The van der Waals surface area contributed by atoms with Gasteiger partial charge in [0, 0.05) is 13.1 Å². The van der Waals surface area contributed by atoms with E-state index >= 15 is 0 Å². The van der Waals surface area contributed by atoms with Crippen LogP contribution in [0.4, 0.5) is 0 Å². The molecule has 0 spiro atoms. The molecule has 0 aliphatic rings. The summed E-state index contributed by atoms with van der Waals surface area (Å²) in [5, 5.41) is 0. The number of ketones is 1. The largest absolute Gasteiger partial charge is 0.293 e. The maximum Gasteiger partial charge on any atom is 0.172 e. The standard InChI is InChI=1S/C22H27NO/c1-4-11-21(24)22(18(2)3)23(16-19-12-7-5-8-13-19)17-20-14-9-6-10-15-20/h4-15,18,22H,16-17H2,1-3H3/b11-4+. The van der Waals surface area contributed by atoms with Crippen LogP contribution in [0, 0.1) is 5.92 Å². The lowest BCUT2D eigenvalue weighted by Gasteiger charge is -2.33. The van der Waals surface area contributed by atoms with Crippen molar-refractivity contribution in [1.82, 2.24) is 4.90 Å². The van der Waals surface area contributed by atoms with Crippen LogP contribution in [-0.2, 0) is 17.9 Å². The molecule has 126 valence electrons. The summed E-state index contributed by atoms with van der Waals surface area (Å²) in [5.41, 5.74) is 2.46. The Balaban J connectivity index is 2.30. The molecule has 2 aromatic rings. The molecule has 0 aromatic heterocycles. The van der Waals surface area contributed by atoms with Crippen LogP contribution in [0.3, 0.4) is 0 Å². The van der Waals surface area contributed by atoms with Gasteiger partial charge in [-0.3, -0.25) is 9.69 Å². The van der Waals surface area contributed by atoms with Gasteiger partial charge in [0.1, 0.15) is 0 Å². The van der Waals surface area contributed by atoms with Crippen LogP contribution in [0.5, 0.6) is 0 Å². The minimum Gasteiger partial charge on any atom is -0.293 e. The molecular formula is C22H27NO. The van der Waals surface area contributed by atoms with Crippen LogP contribution >= 0.6 is 0 Å². The predicted octanol–water partition coefficient (Wildman–Crippen LogP) is 4.86.